The number of carbonyl (C=O) groups excluding carboxylic acids is 1. The number of carbonyl (C=O) groups is 2. The van der Waals surface area contributed by atoms with Crippen molar-refractivity contribution < 1.29 is 19.4 Å². The van der Waals surface area contributed by atoms with Crippen molar-refractivity contribution in [3.8, 4) is 11.6 Å². The number of nitrogens with two attached hydrogens (primary N) is 1. The standard InChI is InChI=1S/C13H12N2O4S/c1-6-3-7(2)15-12(10(6)11(14)16)19-8-4-9(13(17)18)20-5-8/h3-5H,1-2H3,(H2,14,16)(H,17,18). The highest BCUT2D eigenvalue weighted by Crippen LogP contribution is 2.29. The molecule has 0 radical (unpaired) electrons. The maximum Gasteiger partial charge on any atom is 0.346 e. The van der Waals surface area contributed by atoms with Gasteiger partial charge in [-0.3, -0.25) is 4.79 Å². The minimum Gasteiger partial charge on any atom is -0.477 e. The zero-order valence-electron chi connectivity index (χ0n) is 10.8. The zero-order valence-corrected chi connectivity index (χ0v) is 11.7. The lowest BCUT2D eigenvalue weighted by atomic mass is 10.1. The van der Waals surface area contributed by atoms with E-state index in [1.165, 1.54) is 11.4 Å². The summed E-state index contributed by atoms with van der Waals surface area (Å²) in [7, 11) is 0. The highest BCUT2D eigenvalue weighted by atomic mass is 32.1. The molecule has 7 heteroatoms. The quantitative estimate of drug-likeness (QED) is 0.900. The van der Waals surface area contributed by atoms with E-state index >= 15 is 0 Å². The molecule has 104 valence electrons. The Kier molecular flexibility index (Phi) is 3.71. The van der Waals surface area contributed by atoms with Crippen LogP contribution in [0.25, 0.3) is 0 Å². The molecule has 0 unspecified atom stereocenters. The van der Waals surface area contributed by atoms with E-state index in [2.05, 4.69) is 4.98 Å². The average molecular weight is 292 g/mol. The Morgan fingerprint density at radius 1 is 1.35 bits per heavy atom. The number of pyridine rings is 1. The first-order valence-electron chi connectivity index (χ1n) is 5.66. The summed E-state index contributed by atoms with van der Waals surface area (Å²) in [4.78, 5) is 26.6. The number of hydrogen-bond donors (Lipinski definition) is 2. The summed E-state index contributed by atoms with van der Waals surface area (Å²) in [5.74, 6) is -1.27. The molecule has 0 saturated carbocycles. The minimum absolute atomic E-state index is 0.0877. The molecule has 6 nitrogen and oxygen atoms in total. The van der Waals surface area contributed by atoms with Crippen molar-refractivity contribution in [3.05, 3.63) is 39.2 Å². The Bertz CT molecular complexity index is 694. The molecule has 0 aliphatic rings. The van der Waals surface area contributed by atoms with Crippen LogP contribution in [0.4, 0.5) is 0 Å². The molecule has 2 aromatic heterocycles. The van der Waals surface area contributed by atoms with Gasteiger partial charge in [-0.2, -0.15) is 0 Å². The second kappa shape index (κ2) is 5.30. The molecule has 0 aliphatic carbocycles. The molecule has 2 rings (SSSR count). The number of aromatic nitrogens is 1. The fourth-order valence-corrected chi connectivity index (χ4v) is 2.42. The van der Waals surface area contributed by atoms with E-state index in [9.17, 15) is 9.59 Å². The van der Waals surface area contributed by atoms with E-state index in [-0.39, 0.29) is 16.3 Å². The van der Waals surface area contributed by atoms with Crippen LogP contribution in [0, 0.1) is 13.8 Å². The highest BCUT2D eigenvalue weighted by Gasteiger charge is 2.17. The summed E-state index contributed by atoms with van der Waals surface area (Å²) in [5, 5.41) is 10.4. The summed E-state index contributed by atoms with van der Waals surface area (Å²) < 4.78 is 5.50. The Balaban J connectivity index is 2.41. The molecule has 0 spiro atoms. The molecule has 3 N–H and O–H groups in total. The Hall–Kier alpha value is -2.41. The number of carboxylic acids is 1. The number of nitrogens with zero attached hydrogens (tertiary/aromatic N) is 1. The maximum atomic E-state index is 11.5. The lowest BCUT2D eigenvalue weighted by molar-refractivity contribution is 0.0701. The molecular formula is C13H12N2O4S. The summed E-state index contributed by atoms with van der Waals surface area (Å²) >= 11 is 1.03. The summed E-state index contributed by atoms with van der Waals surface area (Å²) in [6.45, 7) is 3.50. The van der Waals surface area contributed by atoms with Crippen molar-refractivity contribution in [3.63, 3.8) is 0 Å². The van der Waals surface area contributed by atoms with Crippen LogP contribution >= 0.6 is 11.3 Å². The molecule has 0 saturated heterocycles. The molecule has 2 heterocycles. The minimum atomic E-state index is -1.03. The number of primary amides is 1. The van der Waals surface area contributed by atoms with Crippen LogP contribution in [0.5, 0.6) is 11.6 Å². The van der Waals surface area contributed by atoms with E-state index < -0.39 is 11.9 Å². The van der Waals surface area contributed by atoms with Gasteiger partial charge in [0.15, 0.2) is 0 Å². The summed E-state index contributed by atoms with van der Waals surface area (Å²) in [5.41, 5.74) is 6.85. The topological polar surface area (TPSA) is 103 Å². The first-order chi connectivity index (χ1) is 9.38. The first-order valence-corrected chi connectivity index (χ1v) is 6.54. The van der Waals surface area contributed by atoms with Gasteiger partial charge in [0.2, 0.25) is 5.88 Å². The number of rotatable bonds is 4. The van der Waals surface area contributed by atoms with Crippen molar-refractivity contribution in [2.24, 2.45) is 5.73 Å². The predicted molar refractivity (Wildman–Crippen MR) is 73.6 cm³/mol. The molecule has 0 atom stereocenters. The number of hydrogen-bond acceptors (Lipinski definition) is 5. The highest BCUT2D eigenvalue weighted by molar-refractivity contribution is 7.12. The van der Waals surface area contributed by atoms with Gasteiger partial charge in [-0.15, -0.1) is 11.3 Å². The SMILES string of the molecule is Cc1cc(C)c(C(N)=O)c(Oc2csc(C(=O)O)c2)n1. The van der Waals surface area contributed by atoms with Gasteiger partial charge in [-0.05, 0) is 25.5 Å². The molecule has 0 aliphatic heterocycles. The largest absolute Gasteiger partial charge is 0.477 e. The van der Waals surface area contributed by atoms with Crippen molar-refractivity contribution in [1.82, 2.24) is 4.98 Å². The van der Waals surface area contributed by atoms with Crippen LogP contribution in [0.3, 0.4) is 0 Å². The van der Waals surface area contributed by atoms with Crippen LogP contribution in [-0.4, -0.2) is 22.0 Å². The monoisotopic (exact) mass is 292 g/mol. The Labute approximate surface area is 118 Å². The average Bonchev–Trinajstić information content (AvgIpc) is 2.75. The van der Waals surface area contributed by atoms with Crippen LogP contribution in [0.2, 0.25) is 0 Å². The zero-order chi connectivity index (χ0) is 14.9. The molecule has 20 heavy (non-hydrogen) atoms. The summed E-state index contributed by atoms with van der Waals surface area (Å²) in [6.07, 6.45) is 0. The second-order valence-corrected chi connectivity index (χ2v) is 5.09. The third-order valence-electron chi connectivity index (χ3n) is 2.56. The lowest BCUT2D eigenvalue weighted by Gasteiger charge is -2.10. The molecule has 0 fully saturated rings. The number of aromatic carboxylic acids is 1. The molecule has 0 bridgehead atoms. The molecule has 0 aromatic carbocycles. The third kappa shape index (κ3) is 2.77. The normalized spacial score (nSPS) is 10.3. The number of thiophene rings is 1. The van der Waals surface area contributed by atoms with Crippen LogP contribution in [-0.2, 0) is 0 Å². The van der Waals surface area contributed by atoms with Gasteiger partial charge in [0, 0.05) is 17.1 Å². The van der Waals surface area contributed by atoms with Gasteiger partial charge in [0.05, 0.1) is 0 Å². The Morgan fingerprint density at radius 3 is 2.60 bits per heavy atom. The van der Waals surface area contributed by atoms with Crippen molar-refractivity contribution >= 4 is 23.2 Å². The Morgan fingerprint density at radius 2 is 2.05 bits per heavy atom. The fraction of sp³-hybridized carbons (Fsp3) is 0.154. The second-order valence-electron chi connectivity index (χ2n) is 4.18. The summed E-state index contributed by atoms with van der Waals surface area (Å²) in [6, 6.07) is 3.10. The van der Waals surface area contributed by atoms with Gasteiger partial charge in [-0.1, -0.05) is 0 Å². The van der Waals surface area contributed by atoms with E-state index in [4.69, 9.17) is 15.6 Å². The lowest BCUT2D eigenvalue weighted by Crippen LogP contribution is -2.15. The van der Waals surface area contributed by atoms with Gasteiger partial charge in [0.1, 0.15) is 16.2 Å². The number of ether oxygens (including phenoxy) is 1. The van der Waals surface area contributed by atoms with Crippen LogP contribution < -0.4 is 10.5 Å². The van der Waals surface area contributed by atoms with Gasteiger partial charge in [0.25, 0.3) is 5.91 Å². The van der Waals surface area contributed by atoms with Crippen molar-refractivity contribution in [1.29, 1.82) is 0 Å². The third-order valence-corrected chi connectivity index (χ3v) is 3.46. The van der Waals surface area contributed by atoms with E-state index in [1.54, 1.807) is 19.9 Å². The van der Waals surface area contributed by atoms with Gasteiger partial charge < -0.3 is 15.6 Å². The van der Waals surface area contributed by atoms with E-state index in [1.807, 2.05) is 0 Å². The van der Waals surface area contributed by atoms with E-state index in [0.717, 1.165) is 11.3 Å². The van der Waals surface area contributed by atoms with Gasteiger partial charge in [-0.25, -0.2) is 9.78 Å². The van der Waals surface area contributed by atoms with Crippen LogP contribution in [0.1, 0.15) is 31.3 Å². The number of aryl methyl sites for hydroxylation is 2. The number of amides is 1. The number of carboxylic acid groups (broad SMARTS) is 1. The van der Waals surface area contributed by atoms with E-state index in [0.29, 0.717) is 17.0 Å². The van der Waals surface area contributed by atoms with Crippen molar-refractivity contribution in [2.75, 3.05) is 0 Å². The van der Waals surface area contributed by atoms with Gasteiger partial charge >= 0.3 is 5.97 Å². The fourth-order valence-electron chi connectivity index (χ4n) is 1.77. The van der Waals surface area contributed by atoms with Crippen LogP contribution in [0.15, 0.2) is 17.5 Å². The van der Waals surface area contributed by atoms with Crippen molar-refractivity contribution in [2.45, 2.75) is 13.8 Å². The first kappa shape index (κ1) is 14.0. The predicted octanol–water partition coefficient (Wildman–Crippen LogP) is 2.35. The molecular weight excluding hydrogens is 280 g/mol. The molecule has 1 amide bonds. The molecule has 2 aromatic rings. The maximum absolute atomic E-state index is 11.5. The smallest absolute Gasteiger partial charge is 0.346 e.